The van der Waals surface area contributed by atoms with Gasteiger partial charge in [0, 0.05) is 18.2 Å². The average molecular weight is 331 g/mol. The lowest BCUT2D eigenvalue weighted by molar-refractivity contribution is -0.116. The van der Waals surface area contributed by atoms with Gasteiger partial charge in [0.2, 0.25) is 11.7 Å². The Bertz CT molecular complexity index is 785. The molecule has 0 radical (unpaired) electrons. The largest absolute Gasteiger partial charge is 0.504 e. The molecule has 2 aromatic rings. The number of nitrogens with one attached hydrogen (secondary N) is 1. The van der Waals surface area contributed by atoms with E-state index in [-0.39, 0.29) is 17.9 Å². The van der Waals surface area contributed by atoms with E-state index >= 15 is 0 Å². The van der Waals surface area contributed by atoms with Crippen molar-refractivity contribution in [1.82, 2.24) is 5.32 Å². The molecule has 0 atom stereocenters. The smallest absolute Gasteiger partial charge is 0.244 e. The minimum absolute atomic E-state index is 0.00159. The second kappa shape index (κ2) is 7.28. The Morgan fingerprint density at radius 1 is 1.08 bits per heavy atom. The molecule has 7 nitrogen and oxygen atoms in total. The number of benzene rings is 2. The van der Waals surface area contributed by atoms with Crippen molar-refractivity contribution in [3.63, 3.8) is 0 Å². The number of methoxy groups -OCH3 is 1. The maximum absolute atomic E-state index is 11.8. The molecule has 0 aromatic heterocycles. The van der Waals surface area contributed by atoms with Crippen molar-refractivity contribution in [2.75, 3.05) is 7.11 Å². The molecule has 0 aliphatic heterocycles. The van der Waals surface area contributed by atoms with Crippen LogP contribution in [0.15, 0.2) is 36.4 Å². The van der Waals surface area contributed by atoms with Crippen molar-refractivity contribution in [1.29, 1.82) is 0 Å². The summed E-state index contributed by atoms with van der Waals surface area (Å²) in [5, 5.41) is 40.4. The van der Waals surface area contributed by atoms with Gasteiger partial charge in [0.1, 0.15) is 0 Å². The first-order valence-electron chi connectivity index (χ1n) is 6.98. The van der Waals surface area contributed by atoms with Gasteiger partial charge in [-0.3, -0.25) is 4.79 Å². The molecule has 5 N–H and O–H groups in total. The highest BCUT2D eigenvalue weighted by molar-refractivity contribution is 5.91. The number of ether oxygens (including phenoxy) is 1. The Hall–Kier alpha value is -3.35. The first-order chi connectivity index (χ1) is 11.4. The van der Waals surface area contributed by atoms with Gasteiger partial charge in [-0.1, -0.05) is 6.07 Å². The monoisotopic (exact) mass is 331 g/mol. The van der Waals surface area contributed by atoms with Crippen LogP contribution >= 0.6 is 0 Å². The lowest BCUT2D eigenvalue weighted by atomic mass is 10.1. The lowest BCUT2D eigenvalue weighted by Crippen LogP contribution is -2.20. The molecule has 0 saturated carbocycles. The fourth-order valence-corrected chi connectivity index (χ4v) is 1.96. The van der Waals surface area contributed by atoms with E-state index in [1.165, 1.54) is 37.5 Å². The van der Waals surface area contributed by atoms with E-state index in [0.29, 0.717) is 11.3 Å². The molecule has 2 rings (SSSR count). The summed E-state index contributed by atoms with van der Waals surface area (Å²) < 4.78 is 4.98. The molecule has 0 heterocycles. The molecular formula is C17H17NO6. The minimum atomic E-state index is -0.631. The Labute approximate surface area is 138 Å². The highest BCUT2D eigenvalue weighted by Crippen LogP contribution is 2.36. The Morgan fingerprint density at radius 3 is 2.50 bits per heavy atom. The molecule has 0 aliphatic carbocycles. The van der Waals surface area contributed by atoms with Crippen LogP contribution in [0.25, 0.3) is 6.08 Å². The molecule has 126 valence electrons. The van der Waals surface area contributed by atoms with Gasteiger partial charge in [0.15, 0.2) is 23.0 Å². The molecule has 0 unspecified atom stereocenters. The number of hydrogen-bond donors (Lipinski definition) is 5. The summed E-state index contributed by atoms with van der Waals surface area (Å²) in [6.07, 6.45) is 2.81. The summed E-state index contributed by atoms with van der Waals surface area (Å²) in [4.78, 5) is 11.8. The van der Waals surface area contributed by atoms with Crippen LogP contribution in [-0.2, 0) is 11.3 Å². The zero-order valence-electron chi connectivity index (χ0n) is 12.9. The van der Waals surface area contributed by atoms with Gasteiger partial charge in [-0.25, -0.2) is 0 Å². The highest BCUT2D eigenvalue weighted by atomic mass is 16.5. The normalized spacial score (nSPS) is 10.7. The van der Waals surface area contributed by atoms with Crippen LogP contribution < -0.4 is 10.1 Å². The van der Waals surface area contributed by atoms with Gasteiger partial charge in [-0.2, -0.15) is 0 Å². The molecule has 0 saturated heterocycles. The Balaban J connectivity index is 2.00. The summed E-state index contributed by atoms with van der Waals surface area (Å²) in [5.74, 6) is -1.68. The topological polar surface area (TPSA) is 119 Å². The number of amides is 1. The summed E-state index contributed by atoms with van der Waals surface area (Å²) in [6, 6.07) is 7.25. The fourth-order valence-electron chi connectivity index (χ4n) is 1.96. The third-order valence-electron chi connectivity index (χ3n) is 3.30. The summed E-state index contributed by atoms with van der Waals surface area (Å²) in [6.45, 7) is -0.0260. The molecular weight excluding hydrogens is 314 g/mol. The molecule has 0 fully saturated rings. The highest BCUT2D eigenvalue weighted by Gasteiger charge is 2.11. The second-order valence-corrected chi connectivity index (χ2v) is 4.92. The second-order valence-electron chi connectivity index (χ2n) is 4.92. The van der Waals surface area contributed by atoms with Crippen molar-refractivity contribution in [2.45, 2.75) is 6.54 Å². The van der Waals surface area contributed by atoms with Crippen LogP contribution in [0.2, 0.25) is 0 Å². The van der Waals surface area contributed by atoms with E-state index in [4.69, 9.17) is 4.74 Å². The van der Waals surface area contributed by atoms with Crippen molar-refractivity contribution < 1.29 is 30.0 Å². The lowest BCUT2D eigenvalue weighted by Gasteiger charge is -2.08. The van der Waals surface area contributed by atoms with Crippen LogP contribution in [0, 0.1) is 0 Å². The van der Waals surface area contributed by atoms with Crippen molar-refractivity contribution in [3.05, 3.63) is 47.5 Å². The van der Waals surface area contributed by atoms with Gasteiger partial charge in [0.25, 0.3) is 0 Å². The third-order valence-corrected chi connectivity index (χ3v) is 3.30. The number of aromatic hydroxyl groups is 4. The number of rotatable bonds is 5. The van der Waals surface area contributed by atoms with E-state index in [2.05, 4.69) is 5.32 Å². The summed E-state index contributed by atoms with van der Waals surface area (Å²) in [7, 11) is 1.43. The van der Waals surface area contributed by atoms with E-state index in [0.717, 1.165) is 0 Å². The van der Waals surface area contributed by atoms with E-state index in [9.17, 15) is 25.2 Å². The Kier molecular flexibility index (Phi) is 5.16. The summed E-state index contributed by atoms with van der Waals surface area (Å²) >= 11 is 0. The first-order valence-corrected chi connectivity index (χ1v) is 6.98. The van der Waals surface area contributed by atoms with Gasteiger partial charge < -0.3 is 30.5 Å². The number of carbonyl (C=O) groups excluding carboxylic acids is 1. The van der Waals surface area contributed by atoms with Gasteiger partial charge >= 0.3 is 0 Å². The average Bonchev–Trinajstić information content (AvgIpc) is 2.58. The molecule has 0 aliphatic rings. The van der Waals surface area contributed by atoms with Crippen LogP contribution in [0.3, 0.4) is 0 Å². The van der Waals surface area contributed by atoms with Gasteiger partial charge in [0.05, 0.1) is 7.11 Å². The van der Waals surface area contributed by atoms with E-state index in [1.807, 2.05) is 0 Å². The Morgan fingerprint density at radius 2 is 1.79 bits per heavy atom. The SMILES string of the molecule is COc1cc(C=CC(=O)NCc2ccc(O)c(O)c2O)ccc1O. The molecule has 1 amide bonds. The zero-order valence-corrected chi connectivity index (χ0v) is 12.9. The van der Waals surface area contributed by atoms with E-state index in [1.54, 1.807) is 12.1 Å². The third kappa shape index (κ3) is 3.89. The molecule has 7 heteroatoms. The van der Waals surface area contributed by atoms with Crippen molar-refractivity contribution >= 4 is 12.0 Å². The summed E-state index contributed by atoms with van der Waals surface area (Å²) in [5.41, 5.74) is 0.920. The predicted molar refractivity (Wildman–Crippen MR) is 87.0 cm³/mol. The molecule has 2 aromatic carbocycles. The van der Waals surface area contributed by atoms with E-state index < -0.39 is 23.2 Å². The molecule has 0 spiro atoms. The standard InChI is InChI=1S/C17H17NO6/c1-24-14-8-10(2-5-12(14)19)3-7-15(21)18-9-11-4-6-13(20)17(23)16(11)22/h2-8,19-20,22-23H,9H2,1H3,(H,18,21). The van der Waals surface area contributed by atoms with Gasteiger partial charge in [-0.05, 0) is 35.9 Å². The zero-order chi connectivity index (χ0) is 17.7. The predicted octanol–water partition coefficient (Wildman–Crippen LogP) is 1.85. The van der Waals surface area contributed by atoms with Gasteiger partial charge in [-0.15, -0.1) is 0 Å². The quantitative estimate of drug-likeness (QED) is 0.421. The first kappa shape index (κ1) is 17.0. The number of hydrogen-bond acceptors (Lipinski definition) is 6. The van der Waals surface area contributed by atoms with Crippen LogP contribution in [0.1, 0.15) is 11.1 Å². The maximum Gasteiger partial charge on any atom is 0.244 e. The fraction of sp³-hybridized carbons (Fsp3) is 0.118. The molecule has 0 bridgehead atoms. The number of phenolic OH excluding ortho intramolecular Hbond substituents is 4. The van der Waals surface area contributed by atoms with Crippen LogP contribution in [0.5, 0.6) is 28.7 Å². The minimum Gasteiger partial charge on any atom is -0.504 e. The van der Waals surface area contributed by atoms with Crippen molar-refractivity contribution in [3.8, 4) is 28.7 Å². The maximum atomic E-state index is 11.8. The number of phenols is 4. The van der Waals surface area contributed by atoms with Crippen LogP contribution in [0.4, 0.5) is 0 Å². The van der Waals surface area contributed by atoms with Crippen molar-refractivity contribution in [2.24, 2.45) is 0 Å². The molecule has 24 heavy (non-hydrogen) atoms. The number of carbonyl (C=O) groups is 1. The van der Waals surface area contributed by atoms with Crippen LogP contribution in [-0.4, -0.2) is 33.4 Å².